The number of rotatable bonds is 7. The molecular formula is C21H20Cl2N6O5S. The quantitative estimate of drug-likeness (QED) is 0.357. The van der Waals surface area contributed by atoms with E-state index in [2.05, 4.69) is 25.8 Å². The summed E-state index contributed by atoms with van der Waals surface area (Å²) in [5.74, 6) is -1.30. The van der Waals surface area contributed by atoms with E-state index in [9.17, 15) is 19.5 Å². The molecule has 1 aliphatic heterocycles. The fraction of sp³-hybridized carbons (Fsp3) is 0.381. The summed E-state index contributed by atoms with van der Waals surface area (Å²) in [5.41, 5.74) is 1.66. The molecule has 1 saturated carbocycles. The van der Waals surface area contributed by atoms with Crippen molar-refractivity contribution in [1.82, 2.24) is 20.4 Å². The van der Waals surface area contributed by atoms with E-state index in [1.807, 2.05) is 4.90 Å². The van der Waals surface area contributed by atoms with Crippen LogP contribution in [-0.4, -0.2) is 57.1 Å². The van der Waals surface area contributed by atoms with Gasteiger partial charge in [0.05, 0.1) is 27.9 Å². The average Bonchev–Trinajstić information content (AvgIpc) is 3.30. The van der Waals surface area contributed by atoms with Crippen LogP contribution in [0.2, 0.25) is 10.0 Å². The molecule has 3 aromatic heterocycles. The number of nitrogens with zero attached hydrogens (tertiary/aromatic N) is 3. The van der Waals surface area contributed by atoms with Crippen LogP contribution in [0.15, 0.2) is 10.6 Å². The van der Waals surface area contributed by atoms with E-state index in [0.29, 0.717) is 34.6 Å². The molecule has 2 fully saturated rings. The molecule has 1 aliphatic carbocycles. The number of amides is 2. The Hall–Kier alpha value is -3.09. The maximum absolute atomic E-state index is 12.6. The predicted octanol–water partition coefficient (Wildman–Crippen LogP) is 3.13. The third kappa shape index (κ3) is 4.48. The van der Waals surface area contributed by atoms with E-state index >= 15 is 0 Å². The van der Waals surface area contributed by atoms with Gasteiger partial charge in [-0.15, -0.1) is 0 Å². The smallest absolute Gasteiger partial charge is 0.347 e. The van der Waals surface area contributed by atoms with Gasteiger partial charge in [0.2, 0.25) is 11.8 Å². The molecule has 0 spiro atoms. The van der Waals surface area contributed by atoms with Crippen molar-refractivity contribution in [3.05, 3.63) is 43.8 Å². The Bertz CT molecular complexity index is 1340. The third-order valence-electron chi connectivity index (χ3n) is 6.14. The monoisotopic (exact) mass is 538 g/mol. The van der Waals surface area contributed by atoms with Gasteiger partial charge in [-0.05, 0) is 13.8 Å². The second-order valence-electron chi connectivity index (χ2n) is 8.62. The Labute approximate surface area is 212 Å². The van der Waals surface area contributed by atoms with Gasteiger partial charge in [-0.1, -0.05) is 39.7 Å². The Morgan fingerprint density at radius 2 is 1.97 bits per heavy atom. The summed E-state index contributed by atoms with van der Waals surface area (Å²) in [4.78, 5) is 46.1. The van der Waals surface area contributed by atoms with Gasteiger partial charge < -0.3 is 24.8 Å². The van der Waals surface area contributed by atoms with Crippen molar-refractivity contribution in [2.75, 3.05) is 23.3 Å². The molecule has 3 atom stereocenters. The zero-order valence-corrected chi connectivity index (χ0v) is 20.8. The SMILES string of the molecule is Cc1cc(NC(=O)Cc2nc(N3C[C@@H]4[C@H](C3)[C@@H]4NC(=O)c3[nH]c(C)c(Cl)c3Cl)sc2C(=O)O)on1. The maximum Gasteiger partial charge on any atom is 0.347 e. The number of carbonyl (C=O) groups excluding carboxylic acids is 2. The molecule has 35 heavy (non-hydrogen) atoms. The van der Waals surface area contributed by atoms with Crippen LogP contribution in [0.3, 0.4) is 0 Å². The summed E-state index contributed by atoms with van der Waals surface area (Å²) in [7, 11) is 0. The minimum absolute atomic E-state index is 0.00767. The number of carboxylic acids is 1. The van der Waals surface area contributed by atoms with Gasteiger partial charge in [-0.3, -0.25) is 14.9 Å². The van der Waals surface area contributed by atoms with Crippen LogP contribution in [0.25, 0.3) is 0 Å². The van der Waals surface area contributed by atoms with Crippen LogP contribution in [0.1, 0.15) is 37.2 Å². The van der Waals surface area contributed by atoms with E-state index in [1.165, 1.54) is 0 Å². The highest BCUT2D eigenvalue weighted by Crippen LogP contribution is 2.48. The number of hydrogen-bond donors (Lipinski definition) is 4. The molecule has 5 rings (SSSR count). The number of anilines is 2. The minimum Gasteiger partial charge on any atom is -0.477 e. The van der Waals surface area contributed by atoms with E-state index in [4.69, 9.17) is 27.7 Å². The maximum atomic E-state index is 12.6. The number of aryl methyl sites for hydroxylation is 2. The minimum atomic E-state index is -1.14. The number of halogens is 2. The van der Waals surface area contributed by atoms with Crippen LogP contribution >= 0.6 is 34.5 Å². The summed E-state index contributed by atoms with van der Waals surface area (Å²) in [5, 5.41) is 19.9. The third-order valence-corrected chi connectivity index (χ3v) is 8.24. The highest BCUT2D eigenvalue weighted by molar-refractivity contribution is 7.17. The second-order valence-corrected chi connectivity index (χ2v) is 10.4. The van der Waals surface area contributed by atoms with Crippen molar-refractivity contribution in [1.29, 1.82) is 0 Å². The fourth-order valence-corrected chi connectivity index (χ4v) is 5.72. The fourth-order valence-electron chi connectivity index (χ4n) is 4.37. The van der Waals surface area contributed by atoms with E-state index in [0.717, 1.165) is 11.3 Å². The molecule has 2 aliphatic rings. The number of carbonyl (C=O) groups is 3. The second kappa shape index (κ2) is 8.85. The van der Waals surface area contributed by atoms with Gasteiger partial charge in [0.15, 0.2) is 5.13 Å². The number of H-pyrrole nitrogens is 1. The Morgan fingerprint density at radius 3 is 2.54 bits per heavy atom. The lowest BCUT2D eigenvalue weighted by molar-refractivity contribution is -0.115. The van der Waals surface area contributed by atoms with Gasteiger partial charge in [0.25, 0.3) is 5.91 Å². The van der Waals surface area contributed by atoms with Gasteiger partial charge >= 0.3 is 5.97 Å². The number of aromatic amines is 1. The van der Waals surface area contributed by atoms with Crippen molar-refractivity contribution in [2.45, 2.75) is 26.3 Å². The topological polar surface area (TPSA) is 153 Å². The molecule has 0 unspecified atom stereocenters. The van der Waals surface area contributed by atoms with Gasteiger partial charge in [-0.25, -0.2) is 9.78 Å². The number of aromatic nitrogens is 3. The molecule has 184 valence electrons. The van der Waals surface area contributed by atoms with Crippen LogP contribution in [-0.2, 0) is 11.2 Å². The highest BCUT2D eigenvalue weighted by Gasteiger charge is 2.57. The van der Waals surface area contributed by atoms with Gasteiger partial charge in [-0.2, -0.15) is 0 Å². The summed E-state index contributed by atoms with van der Waals surface area (Å²) < 4.78 is 4.96. The van der Waals surface area contributed by atoms with Crippen molar-refractivity contribution in [2.24, 2.45) is 11.8 Å². The summed E-state index contributed by atoms with van der Waals surface area (Å²) in [6, 6.07) is 1.56. The molecule has 1 saturated heterocycles. The first-order valence-corrected chi connectivity index (χ1v) is 12.2. The van der Waals surface area contributed by atoms with Crippen LogP contribution in [0.5, 0.6) is 0 Å². The largest absolute Gasteiger partial charge is 0.477 e. The number of hydrogen-bond acceptors (Lipinski definition) is 8. The highest BCUT2D eigenvalue weighted by atomic mass is 35.5. The zero-order chi connectivity index (χ0) is 25.0. The first-order chi connectivity index (χ1) is 16.6. The molecule has 11 nitrogen and oxygen atoms in total. The summed E-state index contributed by atoms with van der Waals surface area (Å²) in [6.45, 7) is 4.69. The lowest BCUT2D eigenvalue weighted by Gasteiger charge is -2.19. The number of aromatic carboxylic acids is 1. The molecule has 4 N–H and O–H groups in total. The number of piperidine rings is 1. The van der Waals surface area contributed by atoms with E-state index < -0.39 is 11.9 Å². The number of thiazole rings is 1. The number of fused-ring (bicyclic) bond motifs is 1. The Kier molecular flexibility index (Phi) is 5.98. The average molecular weight is 539 g/mol. The Morgan fingerprint density at radius 1 is 1.26 bits per heavy atom. The molecule has 0 aromatic carbocycles. The molecule has 14 heteroatoms. The molecular weight excluding hydrogens is 519 g/mol. The van der Waals surface area contributed by atoms with Crippen molar-refractivity contribution in [3.63, 3.8) is 0 Å². The van der Waals surface area contributed by atoms with E-state index in [1.54, 1.807) is 19.9 Å². The van der Waals surface area contributed by atoms with Crippen molar-refractivity contribution < 1.29 is 24.0 Å². The van der Waals surface area contributed by atoms with Crippen molar-refractivity contribution >= 4 is 63.3 Å². The first-order valence-electron chi connectivity index (χ1n) is 10.7. The summed E-state index contributed by atoms with van der Waals surface area (Å²) in [6.07, 6.45) is -0.212. The lowest BCUT2D eigenvalue weighted by atomic mass is 10.2. The first kappa shape index (κ1) is 23.6. The van der Waals surface area contributed by atoms with Crippen LogP contribution in [0.4, 0.5) is 11.0 Å². The molecule has 3 aromatic rings. The zero-order valence-electron chi connectivity index (χ0n) is 18.5. The van der Waals surface area contributed by atoms with Crippen LogP contribution < -0.4 is 15.5 Å². The predicted molar refractivity (Wildman–Crippen MR) is 129 cm³/mol. The van der Waals surface area contributed by atoms with Crippen molar-refractivity contribution in [3.8, 4) is 0 Å². The Balaban J connectivity index is 1.21. The molecule has 0 radical (unpaired) electrons. The molecule has 4 heterocycles. The molecule has 2 amide bonds. The van der Waals surface area contributed by atoms with Gasteiger partial charge in [0, 0.05) is 42.7 Å². The lowest BCUT2D eigenvalue weighted by Crippen LogP contribution is -2.34. The number of carboxylic acid groups (broad SMARTS) is 1. The standard InChI is InChI=1S/C21H20Cl2N6O5S/c1-7-3-13(34-28-7)26-12(30)4-11-18(20(32)33)35-21(25-11)29-5-9-10(6-29)16(9)27-19(31)17-15(23)14(22)8(2)24-17/h3,9-10,16,24H,4-6H2,1-2H3,(H,26,30)(H,27,31)(H,32,33)/t9-,10+,16-. The normalized spacial score (nSPS) is 20.6. The van der Waals surface area contributed by atoms with Gasteiger partial charge in [0.1, 0.15) is 10.6 Å². The molecule has 0 bridgehead atoms. The summed E-state index contributed by atoms with van der Waals surface area (Å²) >= 11 is 13.2. The number of nitrogens with one attached hydrogen (secondary N) is 3. The van der Waals surface area contributed by atoms with Crippen LogP contribution in [0, 0.1) is 25.7 Å². The van der Waals surface area contributed by atoms with E-state index in [-0.39, 0.29) is 57.4 Å².